The zero-order valence-electron chi connectivity index (χ0n) is 9.19. The number of hydrogen-bond donors (Lipinski definition) is 1. The maximum absolute atomic E-state index is 4.36. The van der Waals surface area contributed by atoms with E-state index in [4.69, 9.17) is 0 Å². The van der Waals surface area contributed by atoms with Gasteiger partial charge in [0.15, 0.2) is 0 Å². The SMILES string of the molecule is CN1CCN(Cc2cccc(S)c2)CC1. The number of thiol groups is 1. The minimum atomic E-state index is 1.06. The molecule has 0 bridgehead atoms. The molecule has 2 nitrogen and oxygen atoms in total. The van der Waals surface area contributed by atoms with Crippen LogP contribution in [0.1, 0.15) is 5.56 Å². The van der Waals surface area contributed by atoms with Gasteiger partial charge in [-0.3, -0.25) is 4.90 Å². The molecular weight excluding hydrogens is 204 g/mol. The highest BCUT2D eigenvalue weighted by Crippen LogP contribution is 2.12. The van der Waals surface area contributed by atoms with E-state index in [1.165, 1.54) is 31.7 Å². The Bertz CT molecular complexity index is 319. The van der Waals surface area contributed by atoms with E-state index >= 15 is 0 Å². The fourth-order valence-electron chi connectivity index (χ4n) is 1.92. The Hall–Kier alpha value is -0.510. The maximum atomic E-state index is 4.36. The van der Waals surface area contributed by atoms with Gasteiger partial charge >= 0.3 is 0 Å². The van der Waals surface area contributed by atoms with Gasteiger partial charge < -0.3 is 4.90 Å². The lowest BCUT2D eigenvalue weighted by atomic mass is 10.2. The lowest BCUT2D eigenvalue weighted by molar-refractivity contribution is 0.148. The molecule has 0 unspecified atom stereocenters. The molecule has 0 spiro atoms. The molecule has 1 aliphatic rings. The molecule has 1 aromatic rings. The Morgan fingerprint density at radius 2 is 1.93 bits per heavy atom. The second kappa shape index (κ2) is 5.01. The van der Waals surface area contributed by atoms with Crippen LogP contribution in [-0.2, 0) is 6.54 Å². The molecular formula is C12H18N2S. The molecule has 15 heavy (non-hydrogen) atoms. The standard InChI is InChI=1S/C12H18N2S/c1-13-5-7-14(8-6-13)10-11-3-2-4-12(15)9-11/h2-4,9,15H,5-8,10H2,1H3. The minimum absolute atomic E-state index is 1.06. The summed E-state index contributed by atoms with van der Waals surface area (Å²) in [4.78, 5) is 5.94. The van der Waals surface area contributed by atoms with Crippen LogP contribution in [0, 0.1) is 0 Å². The van der Waals surface area contributed by atoms with E-state index in [1.807, 2.05) is 6.07 Å². The number of rotatable bonds is 2. The van der Waals surface area contributed by atoms with Crippen LogP contribution in [0.2, 0.25) is 0 Å². The largest absolute Gasteiger partial charge is 0.304 e. The first-order chi connectivity index (χ1) is 7.24. The molecule has 0 amide bonds. The molecule has 82 valence electrons. The van der Waals surface area contributed by atoms with Gasteiger partial charge in [0.25, 0.3) is 0 Å². The fourth-order valence-corrected chi connectivity index (χ4v) is 2.17. The summed E-state index contributed by atoms with van der Waals surface area (Å²) in [5, 5.41) is 0. The van der Waals surface area contributed by atoms with Crippen molar-refractivity contribution in [3.63, 3.8) is 0 Å². The molecule has 1 heterocycles. The third kappa shape index (κ3) is 3.23. The summed E-state index contributed by atoms with van der Waals surface area (Å²) in [6.45, 7) is 5.77. The van der Waals surface area contributed by atoms with Gasteiger partial charge in [0.05, 0.1) is 0 Å². The van der Waals surface area contributed by atoms with Crippen LogP contribution in [0.4, 0.5) is 0 Å². The highest BCUT2D eigenvalue weighted by atomic mass is 32.1. The molecule has 0 radical (unpaired) electrons. The zero-order valence-corrected chi connectivity index (χ0v) is 10.1. The van der Waals surface area contributed by atoms with E-state index in [0.29, 0.717) is 0 Å². The predicted molar refractivity (Wildman–Crippen MR) is 66.5 cm³/mol. The molecule has 0 aliphatic carbocycles. The molecule has 0 saturated carbocycles. The van der Waals surface area contributed by atoms with Crippen molar-refractivity contribution in [2.45, 2.75) is 11.4 Å². The van der Waals surface area contributed by atoms with Crippen LogP contribution in [0.15, 0.2) is 29.2 Å². The van der Waals surface area contributed by atoms with Crippen molar-refractivity contribution < 1.29 is 0 Å². The van der Waals surface area contributed by atoms with E-state index in [1.54, 1.807) is 0 Å². The second-order valence-corrected chi connectivity index (χ2v) is 4.77. The van der Waals surface area contributed by atoms with Crippen molar-refractivity contribution in [2.75, 3.05) is 33.2 Å². The van der Waals surface area contributed by atoms with E-state index in [2.05, 4.69) is 47.7 Å². The quantitative estimate of drug-likeness (QED) is 0.761. The van der Waals surface area contributed by atoms with Crippen molar-refractivity contribution in [3.05, 3.63) is 29.8 Å². The fraction of sp³-hybridized carbons (Fsp3) is 0.500. The highest BCUT2D eigenvalue weighted by Gasteiger charge is 2.13. The van der Waals surface area contributed by atoms with Crippen LogP contribution < -0.4 is 0 Å². The molecule has 1 saturated heterocycles. The van der Waals surface area contributed by atoms with Gasteiger partial charge in [-0.1, -0.05) is 12.1 Å². The lowest BCUT2D eigenvalue weighted by Gasteiger charge is -2.32. The molecule has 0 N–H and O–H groups in total. The van der Waals surface area contributed by atoms with Crippen molar-refractivity contribution in [1.29, 1.82) is 0 Å². The second-order valence-electron chi connectivity index (χ2n) is 4.25. The summed E-state index contributed by atoms with van der Waals surface area (Å²) in [6, 6.07) is 8.43. The first-order valence-electron chi connectivity index (χ1n) is 5.43. The topological polar surface area (TPSA) is 6.48 Å². The summed E-state index contributed by atoms with van der Waals surface area (Å²) in [5.74, 6) is 0. The molecule has 0 aromatic heterocycles. The molecule has 3 heteroatoms. The van der Waals surface area contributed by atoms with Crippen LogP contribution in [0.3, 0.4) is 0 Å². The lowest BCUT2D eigenvalue weighted by Crippen LogP contribution is -2.43. The Morgan fingerprint density at radius 1 is 1.20 bits per heavy atom. The van der Waals surface area contributed by atoms with Crippen LogP contribution in [0.25, 0.3) is 0 Å². The van der Waals surface area contributed by atoms with Crippen molar-refractivity contribution in [1.82, 2.24) is 9.80 Å². The number of likely N-dealkylation sites (N-methyl/N-ethyl adjacent to an activating group) is 1. The number of hydrogen-bond acceptors (Lipinski definition) is 3. The molecule has 2 rings (SSSR count). The van der Waals surface area contributed by atoms with Crippen molar-refractivity contribution in [3.8, 4) is 0 Å². The first-order valence-corrected chi connectivity index (χ1v) is 5.87. The number of nitrogens with zero attached hydrogens (tertiary/aromatic N) is 2. The average molecular weight is 222 g/mol. The molecule has 1 fully saturated rings. The van der Waals surface area contributed by atoms with Crippen molar-refractivity contribution >= 4 is 12.6 Å². The summed E-state index contributed by atoms with van der Waals surface area (Å²) in [6.07, 6.45) is 0. The third-order valence-electron chi connectivity index (χ3n) is 2.91. The van der Waals surface area contributed by atoms with Crippen molar-refractivity contribution in [2.24, 2.45) is 0 Å². The predicted octanol–water partition coefficient (Wildman–Crippen LogP) is 1.72. The van der Waals surface area contributed by atoms with E-state index in [-0.39, 0.29) is 0 Å². The summed E-state index contributed by atoms with van der Waals surface area (Å²) >= 11 is 4.36. The zero-order chi connectivity index (χ0) is 10.7. The van der Waals surface area contributed by atoms with Gasteiger partial charge in [-0.2, -0.15) is 0 Å². The highest BCUT2D eigenvalue weighted by molar-refractivity contribution is 7.80. The van der Waals surface area contributed by atoms with E-state index in [0.717, 1.165) is 11.4 Å². The van der Waals surface area contributed by atoms with Gasteiger partial charge in [-0.15, -0.1) is 12.6 Å². The Labute approximate surface area is 97.3 Å². The molecule has 0 atom stereocenters. The third-order valence-corrected chi connectivity index (χ3v) is 3.19. The average Bonchev–Trinajstić information content (AvgIpc) is 2.22. The summed E-state index contributed by atoms with van der Waals surface area (Å²) < 4.78 is 0. The van der Waals surface area contributed by atoms with Gasteiger partial charge in [-0.25, -0.2) is 0 Å². The number of benzene rings is 1. The van der Waals surface area contributed by atoms with Crippen LogP contribution in [-0.4, -0.2) is 43.0 Å². The maximum Gasteiger partial charge on any atom is 0.0235 e. The van der Waals surface area contributed by atoms with E-state index < -0.39 is 0 Å². The summed E-state index contributed by atoms with van der Waals surface area (Å²) in [7, 11) is 2.19. The Morgan fingerprint density at radius 3 is 2.60 bits per heavy atom. The van der Waals surface area contributed by atoms with Gasteiger partial charge in [0.2, 0.25) is 0 Å². The minimum Gasteiger partial charge on any atom is -0.304 e. The van der Waals surface area contributed by atoms with E-state index in [9.17, 15) is 0 Å². The number of piperazine rings is 1. The smallest absolute Gasteiger partial charge is 0.0235 e. The normalized spacial score (nSPS) is 19.3. The first kappa shape index (κ1) is 11.0. The van der Waals surface area contributed by atoms with Crippen LogP contribution in [0.5, 0.6) is 0 Å². The molecule has 1 aliphatic heterocycles. The Balaban J connectivity index is 1.92. The summed E-state index contributed by atoms with van der Waals surface area (Å²) in [5.41, 5.74) is 1.37. The molecule has 1 aromatic carbocycles. The van der Waals surface area contributed by atoms with Gasteiger partial charge in [-0.05, 0) is 24.7 Å². The monoisotopic (exact) mass is 222 g/mol. The Kier molecular flexibility index (Phi) is 3.67. The van der Waals surface area contributed by atoms with Gasteiger partial charge in [0, 0.05) is 37.6 Å². The van der Waals surface area contributed by atoms with Crippen LogP contribution >= 0.6 is 12.6 Å². The van der Waals surface area contributed by atoms with Gasteiger partial charge in [0.1, 0.15) is 0 Å².